The van der Waals surface area contributed by atoms with Crippen LogP contribution in [0.4, 0.5) is 0 Å². The van der Waals surface area contributed by atoms with Crippen LogP contribution in [0.1, 0.15) is 41.5 Å². The standard InChI is InChI=1S/C16H20ClNO2S/c17-16-10-13-14(5-1-6-15(13)21-16)18-7-3-8-19-11-12-4-2-9-20-12/h2,4,9-10,14,18H,1,3,5-8,11H2. The topological polar surface area (TPSA) is 34.4 Å². The van der Waals surface area contributed by atoms with Gasteiger partial charge < -0.3 is 14.5 Å². The lowest BCUT2D eigenvalue weighted by Gasteiger charge is -2.23. The monoisotopic (exact) mass is 325 g/mol. The van der Waals surface area contributed by atoms with E-state index < -0.39 is 0 Å². The zero-order chi connectivity index (χ0) is 14.5. The molecule has 1 atom stereocenters. The van der Waals surface area contributed by atoms with E-state index in [1.807, 2.05) is 12.1 Å². The molecule has 3 nitrogen and oxygen atoms in total. The van der Waals surface area contributed by atoms with Crippen LogP contribution in [0.3, 0.4) is 0 Å². The highest BCUT2D eigenvalue weighted by Gasteiger charge is 2.21. The minimum absolute atomic E-state index is 0.461. The molecular formula is C16H20ClNO2S. The Balaban J connectivity index is 1.36. The molecule has 1 aliphatic carbocycles. The molecule has 0 bridgehead atoms. The number of furan rings is 1. The summed E-state index contributed by atoms with van der Waals surface area (Å²) in [5.41, 5.74) is 1.41. The van der Waals surface area contributed by atoms with Crippen LogP contribution in [0.15, 0.2) is 28.9 Å². The van der Waals surface area contributed by atoms with Crippen molar-refractivity contribution in [3.05, 3.63) is 45.0 Å². The second-order valence-electron chi connectivity index (χ2n) is 5.31. The van der Waals surface area contributed by atoms with Gasteiger partial charge in [0.15, 0.2) is 0 Å². The lowest BCUT2D eigenvalue weighted by Crippen LogP contribution is -2.25. The summed E-state index contributed by atoms with van der Waals surface area (Å²) >= 11 is 7.86. The number of ether oxygens (including phenoxy) is 1. The molecule has 2 aromatic rings. The quantitative estimate of drug-likeness (QED) is 0.757. The van der Waals surface area contributed by atoms with Crippen LogP contribution in [0.2, 0.25) is 4.34 Å². The first-order valence-electron chi connectivity index (χ1n) is 7.44. The predicted molar refractivity (Wildman–Crippen MR) is 86.0 cm³/mol. The molecule has 1 aliphatic rings. The van der Waals surface area contributed by atoms with Crippen molar-refractivity contribution in [2.75, 3.05) is 13.2 Å². The first kappa shape index (κ1) is 15.1. The van der Waals surface area contributed by atoms with Gasteiger partial charge in [-0.1, -0.05) is 11.6 Å². The molecule has 0 saturated carbocycles. The van der Waals surface area contributed by atoms with Gasteiger partial charge in [0.25, 0.3) is 0 Å². The summed E-state index contributed by atoms with van der Waals surface area (Å²) in [5.74, 6) is 0.882. The molecular weight excluding hydrogens is 306 g/mol. The fourth-order valence-electron chi connectivity index (χ4n) is 2.75. The summed E-state index contributed by atoms with van der Waals surface area (Å²) in [6.07, 6.45) is 6.30. The molecule has 0 aromatic carbocycles. The van der Waals surface area contributed by atoms with Crippen LogP contribution >= 0.6 is 22.9 Å². The molecule has 2 aromatic heterocycles. The Morgan fingerprint density at radius 1 is 1.48 bits per heavy atom. The lowest BCUT2D eigenvalue weighted by atomic mass is 9.94. The molecule has 0 fully saturated rings. The van der Waals surface area contributed by atoms with E-state index >= 15 is 0 Å². The third kappa shape index (κ3) is 4.10. The Labute approximate surface area is 134 Å². The largest absolute Gasteiger partial charge is 0.467 e. The first-order chi connectivity index (χ1) is 10.3. The predicted octanol–water partition coefficient (Wildman–Crippen LogP) is 4.57. The van der Waals surface area contributed by atoms with Crippen LogP contribution in [0.5, 0.6) is 0 Å². The Hall–Kier alpha value is -0.810. The van der Waals surface area contributed by atoms with Gasteiger partial charge in [-0.2, -0.15) is 0 Å². The summed E-state index contributed by atoms with van der Waals surface area (Å²) in [7, 11) is 0. The molecule has 0 radical (unpaired) electrons. The van der Waals surface area contributed by atoms with Crippen molar-refractivity contribution in [2.45, 2.75) is 38.3 Å². The minimum atomic E-state index is 0.461. The fourth-order valence-corrected chi connectivity index (χ4v) is 4.14. The highest BCUT2D eigenvalue weighted by molar-refractivity contribution is 7.16. The smallest absolute Gasteiger partial charge is 0.129 e. The zero-order valence-corrected chi connectivity index (χ0v) is 13.5. The maximum absolute atomic E-state index is 6.13. The minimum Gasteiger partial charge on any atom is -0.467 e. The van der Waals surface area contributed by atoms with E-state index in [1.165, 1.54) is 29.7 Å². The van der Waals surface area contributed by atoms with Gasteiger partial charge in [-0.25, -0.2) is 0 Å². The van der Waals surface area contributed by atoms with Crippen LogP contribution in [-0.4, -0.2) is 13.2 Å². The van der Waals surface area contributed by atoms with Crippen LogP contribution in [-0.2, 0) is 17.8 Å². The number of nitrogens with one attached hydrogen (secondary N) is 1. The maximum atomic E-state index is 6.13. The van der Waals surface area contributed by atoms with Crippen LogP contribution < -0.4 is 5.32 Å². The number of halogens is 1. The molecule has 3 rings (SSSR count). The van der Waals surface area contributed by atoms with Crippen LogP contribution in [0, 0.1) is 0 Å². The van der Waals surface area contributed by atoms with Crippen molar-refractivity contribution in [2.24, 2.45) is 0 Å². The molecule has 0 amide bonds. The third-order valence-corrected chi connectivity index (χ3v) is 5.10. The molecule has 21 heavy (non-hydrogen) atoms. The van der Waals surface area contributed by atoms with Crippen molar-refractivity contribution < 1.29 is 9.15 Å². The molecule has 0 saturated heterocycles. The summed E-state index contributed by atoms with van der Waals surface area (Å²) in [4.78, 5) is 1.46. The van der Waals surface area contributed by atoms with Crippen molar-refractivity contribution in [3.8, 4) is 0 Å². The van der Waals surface area contributed by atoms with E-state index in [0.717, 1.165) is 29.7 Å². The van der Waals surface area contributed by atoms with E-state index in [4.69, 9.17) is 20.8 Å². The lowest BCUT2D eigenvalue weighted by molar-refractivity contribution is 0.103. The molecule has 114 valence electrons. The van der Waals surface area contributed by atoms with E-state index in [9.17, 15) is 0 Å². The second kappa shape index (κ2) is 7.45. The fraction of sp³-hybridized carbons (Fsp3) is 0.500. The number of rotatable bonds is 7. The Morgan fingerprint density at radius 3 is 3.29 bits per heavy atom. The van der Waals surface area contributed by atoms with Crippen molar-refractivity contribution in [1.29, 1.82) is 0 Å². The summed E-state index contributed by atoms with van der Waals surface area (Å²) < 4.78 is 11.7. The number of fused-ring (bicyclic) bond motifs is 1. The molecule has 1 unspecified atom stereocenters. The van der Waals surface area contributed by atoms with E-state index in [-0.39, 0.29) is 0 Å². The summed E-state index contributed by atoms with van der Waals surface area (Å²) in [5, 5.41) is 3.63. The number of hydrogen-bond donors (Lipinski definition) is 1. The molecule has 0 spiro atoms. The molecule has 1 N–H and O–H groups in total. The van der Waals surface area contributed by atoms with Gasteiger partial charge in [0.1, 0.15) is 12.4 Å². The van der Waals surface area contributed by atoms with Gasteiger partial charge in [0, 0.05) is 17.5 Å². The summed E-state index contributed by atoms with van der Waals surface area (Å²) in [6, 6.07) is 6.41. The maximum Gasteiger partial charge on any atom is 0.129 e. The van der Waals surface area contributed by atoms with Gasteiger partial charge in [0.05, 0.1) is 10.6 Å². The number of thiophene rings is 1. The Bertz CT molecular complexity index is 553. The average Bonchev–Trinajstić information content (AvgIpc) is 3.11. The van der Waals surface area contributed by atoms with Crippen molar-refractivity contribution >= 4 is 22.9 Å². The first-order valence-corrected chi connectivity index (χ1v) is 8.64. The van der Waals surface area contributed by atoms with Gasteiger partial charge in [0.2, 0.25) is 0 Å². The van der Waals surface area contributed by atoms with E-state index in [1.54, 1.807) is 17.6 Å². The number of aryl methyl sites for hydroxylation is 1. The van der Waals surface area contributed by atoms with Gasteiger partial charge in [-0.05, 0) is 56.0 Å². The zero-order valence-electron chi connectivity index (χ0n) is 11.9. The highest BCUT2D eigenvalue weighted by Crippen LogP contribution is 2.37. The van der Waals surface area contributed by atoms with Crippen molar-refractivity contribution in [1.82, 2.24) is 5.32 Å². The normalized spacial score (nSPS) is 17.9. The molecule has 5 heteroatoms. The van der Waals surface area contributed by atoms with E-state index in [0.29, 0.717) is 12.6 Å². The average molecular weight is 326 g/mol. The Morgan fingerprint density at radius 2 is 2.43 bits per heavy atom. The highest BCUT2D eigenvalue weighted by atomic mass is 35.5. The van der Waals surface area contributed by atoms with Gasteiger partial charge in [-0.15, -0.1) is 11.3 Å². The summed E-state index contributed by atoms with van der Waals surface area (Å²) in [6.45, 7) is 2.27. The third-order valence-electron chi connectivity index (χ3n) is 3.76. The molecule has 0 aliphatic heterocycles. The molecule has 2 heterocycles. The van der Waals surface area contributed by atoms with Crippen LogP contribution in [0.25, 0.3) is 0 Å². The van der Waals surface area contributed by atoms with Gasteiger partial charge >= 0.3 is 0 Å². The Kier molecular flexibility index (Phi) is 5.36. The SMILES string of the molecule is Clc1cc2c(s1)CCCC2NCCCOCc1ccco1. The van der Waals surface area contributed by atoms with Gasteiger partial charge in [-0.3, -0.25) is 0 Å². The van der Waals surface area contributed by atoms with Crippen molar-refractivity contribution in [3.63, 3.8) is 0 Å². The number of hydrogen-bond acceptors (Lipinski definition) is 4. The second-order valence-corrected chi connectivity index (χ2v) is 7.08. The van der Waals surface area contributed by atoms with E-state index in [2.05, 4.69) is 11.4 Å².